The van der Waals surface area contributed by atoms with Crippen LogP contribution in [0.5, 0.6) is 0 Å². The zero-order chi connectivity index (χ0) is 19.1. The monoisotopic (exact) mass is 390 g/mol. The second-order valence-corrected chi connectivity index (χ2v) is 8.52. The molecule has 0 aromatic carbocycles. The highest BCUT2D eigenvalue weighted by molar-refractivity contribution is 7.99. The first-order chi connectivity index (χ1) is 13.2. The zero-order valence-electron chi connectivity index (χ0n) is 16.9. The standard InChI is InChI=1S/C20H34N6S/c1-4-25-9-11-26(12-10-25)19-8-5-16(14-22-19)15-23-20(21-2)24-17-6-7-18(13-17)27-3/h5,8,14,17-18H,4,6-7,9-13,15H2,1-3H3,(H2,21,23,24). The van der Waals surface area contributed by atoms with Crippen LogP contribution >= 0.6 is 11.8 Å². The van der Waals surface area contributed by atoms with Crippen LogP contribution in [0.2, 0.25) is 0 Å². The third kappa shape index (κ3) is 5.75. The van der Waals surface area contributed by atoms with Crippen LogP contribution in [-0.4, -0.2) is 73.2 Å². The second kappa shape index (κ2) is 10.2. The van der Waals surface area contributed by atoms with Gasteiger partial charge in [-0.15, -0.1) is 0 Å². The lowest BCUT2D eigenvalue weighted by Gasteiger charge is -2.34. The summed E-state index contributed by atoms with van der Waals surface area (Å²) in [7, 11) is 1.84. The summed E-state index contributed by atoms with van der Waals surface area (Å²) in [6.07, 6.45) is 7.95. The normalized spacial score (nSPS) is 24.3. The number of anilines is 1. The Kier molecular flexibility index (Phi) is 7.64. The maximum Gasteiger partial charge on any atom is 0.191 e. The van der Waals surface area contributed by atoms with Gasteiger partial charge in [-0.05, 0) is 43.7 Å². The number of aliphatic imine (C=N–C) groups is 1. The maximum absolute atomic E-state index is 4.69. The Morgan fingerprint density at radius 2 is 2.07 bits per heavy atom. The highest BCUT2D eigenvalue weighted by Gasteiger charge is 2.24. The van der Waals surface area contributed by atoms with Crippen molar-refractivity contribution in [2.24, 2.45) is 4.99 Å². The molecule has 1 aromatic heterocycles. The summed E-state index contributed by atoms with van der Waals surface area (Å²) in [5.41, 5.74) is 1.18. The molecule has 1 saturated heterocycles. The first-order valence-corrected chi connectivity index (χ1v) is 11.4. The molecular formula is C20H34N6S. The SMILES string of the molecule is CCN1CCN(c2ccc(CNC(=NC)NC3CCC(SC)C3)cn2)CC1. The van der Waals surface area contributed by atoms with Crippen LogP contribution in [0.3, 0.4) is 0 Å². The highest BCUT2D eigenvalue weighted by Crippen LogP contribution is 2.28. The fraction of sp³-hybridized carbons (Fsp3) is 0.700. The van der Waals surface area contributed by atoms with E-state index >= 15 is 0 Å². The average molecular weight is 391 g/mol. The number of guanidine groups is 1. The van der Waals surface area contributed by atoms with E-state index in [9.17, 15) is 0 Å². The van der Waals surface area contributed by atoms with Crippen LogP contribution in [0.1, 0.15) is 31.7 Å². The number of piperazine rings is 1. The molecule has 2 fully saturated rings. The number of thioether (sulfide) groups is 1. The van der Waals surface area contributed by atoms with Crippen LogP contribution in [-0.2, 0) is 6.54 Å². The second-order valence-electron chi connectivity index (χ2n) is 7.38. The Labute approximate surface area is 168 Å². The molecule has 1 aliphatic carbocycles. The fourth-order valence-electron chi connectivity index (χ4n) is 3.86. The number of pyridine rings is 1. The number of nitrogens with zero attached hydrogens (tertiary/aromatic N) is 4. The van der Waals surface area contributed by atoms with Crippen molar-refractivity contribution in [3.8, 4) is 0 Å². The Balaban J connectivity index is 1.45. The molecule has 2 heterocycles. The highest BCUT2D eigenvalue weighted by atomic mass is 32.2. The van der Waals surface area contributed by atoms with Crippen molar-refractivity contribution in [1.82, 2.24) is 20.5 Å². The van der Waals surface area contributed by atoms with Gasteiger partial charge in [0.05, 0.1) is 0 Å². The molecule has 2 atom stereocenters. The van der Waals surface area contributed by atoms with Gasteiger partial charge < -0.3 is 20.4 Å². The number of rotatable bonds is 6. The minimum absolute atomic E-state index is 0.538. The minimum Gasteiger partial charge on any atom is -0.354 e. The average Bonchev–Trinajstić information content (AvgIpc) is 3.19. The van der Waals surface area contributed by atoms with E-state index in [4.69, 9.17) is 0 Å². The van der Waals surface area contributed by atoms with Crippen LogP contribution in [0.25, 0.3) is 0 Å². The topological polar surface area (TPSA) is 55.8 Å². The number of hydrogen-bond donors (Lipinski definition) is 2. The van der Waals surface area contributed by atoms with Gasteiger partial charge in [-0.1, -0.05) is 13.0 Å². The van der Waals surface area contributed by atoms with Gasteiger partial charge in [-0.3, -0.25) is 4.99 Å². The lowest BCUT2D eigenvalue weighted by Crippen LogP contribution is -2.46. The molecule has 1 saturated carbocycles. The molecule has 7 heteroatoms. The summed E-state index contributed by atoms with van der Waals surface area (Å²) in [6.45, 7) is 8.49. The van der Waals surface area contributed by atoms with Gasteiger partial charge in [0.25, 0.3) is 0 Å². The van der Waals surface area contributed by atoms with Crippen molar-refractivity contribution < 1.29 is 0 Å². The van der Waals surface area contributed by atoms with E-state index in [1.165, 1.54) is 24.8 Å². The lowest BCUT2D eigenvalue weighted by molar-refractivity contribution is 0.270. The summed E-state index contributed by atoms with van der Waals surface area (Å²) in [6, 6.07) is 4.86. The largest absolute Gasteiger partial charge is 0.354 e. The van der Waals surface area contributed by atoms with E-state index in [0.717, 1.165) is 56.3 Å². The summed E-state index contributed by atoms with van der Waals surface area (Å²) < 4.78 is 0. The van der Waals surface area contributed by atoms with Crippen molar-refractivity contribution in [3.05, 3.63) is 23.9 Å². The third-order valence-corrected chi connectivity index (χ3v) is 6.79. The van der Waals surface area contributed by atoms with Gasteiger partial charge >= 0.3 is 0 Å². The molecule has 27 heavy (non-hydrogen) atoms. The summed E-state index contributed by atoms with van der Waals surface area (Å²) in [4.78, 5) is 13.9. The number of aromatic nitrogens is 1. The van der Waals surface area contributed by atoms with Gasteiger partial charge in [-0.2, -0.15) is 11.8 Å². The molecule has 0 amide bonds. The van der Waals surface area contributed by atoms with Crippen LogP contribution in [0.4, 0.5) is 5.82 Å². The Hall–Kier alpha value is -1.47. The van der Waals surface area contributed by atoms with Crippen LogP contribution < -0.4 is 15.5 Å². The minimum atomic E-state index is 0.538. The quantitative estimate of drug-likeness (QED) is 0.574. The summed E-state index contributed by atoms with van der Waals surface area (Å²) in [5, 5.41) is 7.78. The molecule has 0 radical (unpaired) electrons. The smallest absolute Gasteiger partial charge is 0.191 e. The lowest BCUT2D eigenvalue weighted by atomic mass is 10.2. The van der Waals surface area contributed by atoms with E-state index in [0.29, 0.717) is 6.04 Å². The van der Waals surface area contributed by atoms with Gasteiger partial charge in [0.15, 0.2) is 5.96 Å². The summed E-state index contributed by atoms with van der Waals surface area (Å²) in [5.74, 6) is 1.98. The molecule has 0 bridgehead atoms. The molecule has 3 rings (SSSR count). The molecule has 2 unspecified atom stereocenters. The van der Waals surface area contributed by atoms with Crippen molar-refractivity contribution >= 4 is 23.5 Å². The predicted molar refractivity (Wildman–Crippen MR) is 117 cm³/mol. The first kappa shape index (κ1) is 20.3. The first-order valence-electron chi connectivity index (χ1n) is 10.1. The third-order valence-electron chi connectivity index (χ3n) is 5.69. The molecule has 1 aromatic rings. The van der Waals surface area contributed by atoms with Gasteiger partial charge in [0.2, 0.25) is 0 Å². The van der Waals surface area contributed by atoms with E-state index in [1.807, 2.05) is 25.0 Å². The Morgan fingerprint density at radius 3 is 2.67 bits per heavy atom. The molecular weight excluding hydrogens is 356 g/mol. The number of nitrogens with one attached hydrogen (secondary N) is 2. The number of hydrogen-bond acceptors (Lipinski definition) is 5. The van der Waals surface area contributed by atoms with Crippen molar-refractivity contribution in [2.45, 2.75) is 44.0 Å². The van der Waals surface area contributed by atoms with E-state index in [-0.39, 0.29) is 0 Å². The number of likely N-dealkylation sites (N-methyl/N-ethyl adjacent to an activating group) is 1. The van der Waals surface area contributed by atoms with E-state index in [2.05, 4.69) is 55.7 Å². The van der Waals surface area contributed by atoms with Gasteiger partial charge in [0, 0.05) is 57.3 Å². The van der Waals surface area contributed by atoms with Crippen LogP contribution in [0.15, 0.2) is 23.3 Å². The van der Waals surface area contributed by atoms with Crippen molar-refractivity contribution in [2.75, 3.05) is 50.9 Å². The van der Waals surface area contributed by atoms with Gasteiger partial charge in [0.1, 0.15) is 5.82 Å². The fourth-order valence-corrected chi connectivity index (χ4v) is 4.66. The van der Waals surface area contributed by atoms with Crippen molar-refractivity contribution in [1.29, 1.82) is 0 Å². The predicted octanol–water partition coefficient (Wildman–Crippen LogP) is 2.17. The molecule has 1 aliphatic heterocycles. The maximum atomic E-state index is 4.69. The zero-order valence-corrected chi connectivity index (χ0v) is 17.8. The molecule has 0 spiro atoms. The Morgan fingerprint density at radius 1 is 1.26 bits per heavy atom. The molecule has 150 valence electrons. The molecule has 2 aliphatic rings. The van der Waals surface area contributed by atoms with Gasteiger partial charge in [-0.25, -0.2) is 4.98 Å². The Bertz CT molecular complexity index is 597. The molecule has 6 nitrogen and oxygen atoms in total. The van der Waals surface area contributed by atoms with E-state index < -0.39 is 0 Å². The summed E-state index contributed by atoms with van der Waals surface area (Å²) >= 11 is 1.98. The van der Waals surface area contributed by atoms with E-state index in [1.54, 1.807) is 0 Å². The van der Waals surface area contributed by atoms with Crippen molar-refractivity contribution in [3.63, 3.8) is 0 Å². The molecule has 2 N–H and O–H groups in total. The van der Waals surface area contributed by atoms with Crippen LogP contribution in [0, 0.1) is 0 Å².